The molecule has 1 heterocycles. The van der Waals surface area contributed by atoms with E-state index in [1.54, 1.807) is 20.2 Å². The maximum absolute atomic E-state index is 6.07. The summed E-state index contributed by atoms with van der Waals surface area (Å²) >= 11 is 18.1. The quantitative estimate of drug-likeness (QED) is 0.603. The van der Waals surface area contributed by atoms with Gasteiger partial charge in [0.2, 0.25) is 0 Å². The molecule has 0 radical (unpaired) electrons. The van der Waals surface area contributed by atoms with Gasteiger partial charge in [-0.15, -0.1) is 0 Å². The third-order valence-electron chi connectivity index (χ3n) is 3.57. The molecule has 2 N–H and O–H groups in total. The molecule has 0 amide bonds. The Hall–Kier alpha value is -1.56. The molecule has 2 rings (SSSR count). The van der Waals surface area contributed by atoms with Crippen LogP contribution >= 0.6 is 34.8 Å². The molecule has 0 saturated heterocycles. The Bertz CT molecular complexity index is 743. The van der Waals surface area contributed by atoms with Gasteiger partial charge in [-0.05, 0) is 18.2 Å². The fourth-order valence-corrected chi connectivity index (χ4v) is 2.77. The molecule has 0 fully saturated rings. The molecule has 5 nitrogen and oxygen atoms in total. The lowest BCUT2D eigenvalue weighted by Crippen LogP contribution is -2.36. The molecule has 24 heavy (non-hydrogen) atoms. The number of aliphatic imine (C=N–C) groups is 1. The Morgan fingerprint density at radius 1 is 1.17 bits per heavy atom. The highest BCUT2D eigenvalue weighted by molar-refractivity contribution is 6.41. The molecule has 0 atom stereocenters. The second-order valence-corrected chi connectivity index (χ2v) is 6.27. The summed E-state index contributed by atoms with van der Waals surface area (Å²) in [7, 11) is 5.19. The summed E-state index contributed by atoms with van der Waals surface area (Å²) in [4.78, 5) is 4.20. The van der Waals surface area contributed by atoms with Crippen molar-refractivity contribution in [3.05, 3.63) is 50.7 Å². The van der Waals surface area contributed by atoms with E-state index in [2.05, 4.69) is 15.6 Å². The Kier molecular flexibility index (Phi) is 6.66. The maximum atomic E-state index is 6.07. The van der Waals surface area contributed by atoms with Gasteiger partial charge in [-0.25, -0.2) is 0 Å². The van der Waals surface area contributed by atoms with Crippen LogP contribution in [-0.4, -0.2) is 24.7 Å². The number of guanidine groups is 1. The van der Waals surface area contributed by atoms with Crippen LogP contribution in [0.5, 0.6) is 5.75 Å². The minimum atomic E-state index is 0.516. The number of aromatic nitrogens is 1. The molecule has 2 aromatic rings. The van der Waals surface area contributed by atoms with Gasteiger partial charge in [0.25, 0.3) is 0 Å². The molecular formula is C16H19Cl3N4O. The van der Waals surface area contributed by atoms with Crippen LogP contribution < -0.4 is 15.4 Å². The number of ether oxygens (including phenoxy) is 1. The zero-order chi connectivity index (χ0) is 17.7. The molecule has 130 valence electrons. The smallest absolute Gasteiger partial charge is 0.191 e. The molecule has 0 unspecified atom stereocenters. The van der Waals surface area contributed by atoms with Gasteiger partial charge in [-0.3, -0.25) is 4.99 Å². The minimum absolute atomic E-state index is 0.516. The first kappa shape index (κ1) is 18.8. The van der Waals surface area contributed by atoms with Gasteiger partial charge in [0.1, 0.15) is 10.9 Å². The van der Waals surface area contributed by atoms with E-state index in [1.807, 2.05) is 29.8 Å². The summed E-state index contributed by atoms with van der Waals surface area (Å²) in [5.74, 6) is 1.38. The van der Waals surface area contributed by atoms with Crippen LogP contribution in [0.15, 0.2) is 29.3 Å². The second-order valence-electron chi connectivity index (χ2n) is 5.07. The van der Waals surface area contributed by atoms with Crippen molar-refractivity contribution in [2.75, 3.05) is 14.2 Å². The fourth-order valence-electron chi connectivity index (χ4n) is 2.20. The van der Waals surface area contributed by atoms with Crippen LogP contribution in [0.25, 0.3) is 0 Å². The summed E-state index contributed by atoms with van der Waals surface area (Å²) in [6.07, 6.45) is 0. The SMILES string of the molecule is CN=C(NCc1ccc(Cl)cc1OC)NCc1cc(Cl)c(Cl)n1C. The maximum Gasteiger partial charge on any atom is 0.191 e. The number of nitrogens with zero attached hydrogens (tertiary/aromatic N) is 2. The lowest BCUT2D eigenvalue weighted by Gasteiger charge is -2.14. The first-order valence-electron chi connectivity index (χ1n) is 7.22. The van der Waals surface area contributed by atoms with E-state index in [0.717, 1.165) is 17.0 Å². The Balaban J connectivity index is 1.97. The predicted molar refractivity (Wildman–Crippen MR) is 100 cm³/mol. The third-order valence-corrected chi connectivity index (χ3v) is 4.65. The van der Waals surface area contributed by atoms with Gasteiger partial charge in [0, 0.05) is 36.9 Å². The summed E-state index contributed by atoms with van der Waals surface area (Å²) in [6, 6.07) is 7.35. The summed E-state index contributed by atoms with van der Waals surface area (Å²) in [5, 5.41) is 8.13. The van der Waals surface area contributed by atoms with Crippen molar-refractivity contribution in [1.82, 2.24) is 15.2 Å². The topological polar surface area (TPSA) is 50.6 Å². The van der Waals surface area contributed by atoms with Gasteiger partial charge in [0.05, 0.1) is 18.7 Å². The largest absolute Gasteiger partial charge is 0.496 e. The Morgan fingerprint density at radius 2 is 1.88 bits per heavy atom. The van der Waals surface area contributed by atoms with Gasteiger partial charge >= 0.3 is 0 Å². The van der Waals surface area contributed by atoms with Crippen molar-refractivity contribution < 1.29 is 4.74 Å². The van der Waals surface area contributed by atoms with Crippen LogP contribution in [0.2, 0.25) is 15.2 Å². The van der Waals surface area contributed by atoms with E-state index >= 15 is 0 Å². The monoisotopic (exact) mass is 388 g/mol. The molecule has 0 saturated carbocycles. The Morgan fingerprint density at radius 3 is 2.46 bits per heavy atom. The predicted octanol–water partition coefficient (Wildman–Crippen LogP) is 3.86. The molecule has 0 bridgehead atoms. The van der Waals surface area contributed by atoms with E-state index in [0.29, 0.717) is 34.2 Å². The molecule has 8 heteroatoms. The lowest BCUT2D eigenvalue weighted by atomic mass is 10.2. The fraction of sp³-hybridized carbons (Fsp3) is 0.312. The summed E-state index contributed by atoms with van der Waals surface area (Å²) in [6.45, 7) is 1.09. The van der Waals surface area contributed by atoms with Crippen molar-refractivity contribution in [2.45, 2.75) is 13.1 Å². The van der Waals surface area contributed by atoms with E-state index in [1.165, 1.54) is 0 Å². The lowest BCUT2D eigenvalue weighted by molar-refractivity contribution is 0.409. The van der Waals surface area contributed by atoms with E-state index in [-0.39, 0.29) is 0 Å². The van der Waals surface area contributed by atoms with Gasteiger partial charge in [0.15, 0.2) is 5.96 Å². The average molecular weight is 390 g/mol. The molecule has 0 aliphatic heterocycles. The Labute approximate surface area is 156 Å². The van der Waals surface area contributed by atoms with Gasteiger partial charge < -0.3 is 19.9 Å². The van der Waals surface area contributed by atoms with Gasteiger partial charge in [-0.2, -0.15) is 0 Å². The highest BCUT2D eigenvalue weighted by Crippen LogP contribution is 2.25. The van der Waals surface area contributed by atoms with Crippen molar-refractivity contribution in [3.8, 4) is 5.75 Å². The first-order valence-corrected chi connectivity index (χ1v) is 8.36. The number of rotatable bonds is 5. The summed E-state index contributed by atoms with van der Waals surface area (Å²) < 4.78 is 7.16. The van der Waals surface area contributed by atoms with Gasteiger partial charge in [-0.1, -0.05) is 40.9 Å². The number of benzene rings is 1. The van der Waals surface area contributed by atoms with E-state index < -0.39 is 0 Å². The second kappa shape index (κ2) is 8.51. The molecule has 0 aliphatic carbocycles. The third kappa shape index (κ3) is 4.50. The highest BCUT2D eigenvalue weighted by atomic mass is 35.5. The number of methoxy groups -OCH3 is 1. The minimum Gasteiger partial charge on any atom is -0.496 e. The zero-order valence-electron chi connectivity index (χ0n) is 13.7. The highest BCUT2D eigenvalue weighted by Gasteiger charge is 2.10. The van der Waals surface area contributed by atoms with E-state index in [9.17, 15) is 0 Å². The molecule has 0 spiro atoms. The number of nitrogens with one attached hydrogen (secondary N) is 2. The van der Waals surface area contributed by atoms with Crippen molar-refractivity contribution in [2.24, 2.45) is 12.0 Å². The van der Waals surface area contributed by atoms with Crippen LogP contribution in [0.4, 0.5) is 0 Å². The van der Waals surface area contributed by atoms with Crippen LogP contribution in [-0.2, 0) is 20.1 Å². The zero-order valence-corrected chi connectivity index (χ0v) is 15.9. The van der Waals surface area contributed by atoms with Crippen molar-refractivity contribution in [3.63, 3.8) is 0 Å². The molecule has 1 aromatic carbocycles. The van der Waals surface area contributed by atoms with Crippen molar-refractivity contribution in [1.29, 1.82) is 0 Å². The van der Waals surface area contributed by atoms with Crippen LogP contribution in [0.3, 0.4) is 0 Å². The summed E-state index contributed by atoms with van der Waals surface area (Å²) in [5.41, 5.74) is 1.94. The van der Waals surface area contributed by atoms with Crippen LogP contribution in [0.1, 0.15) is 11.3 Å². The number of halogens is 3. The standard InChI is InChI=1S/C16H19Cl3N4O/c1-20-16(22-9-12-7-13(18)15(19)23(12)2)21-8-10-4-5-11(17)6-14(10)24-3/h4-7H,8-9H2,1-3H3,(H2,20,21,22). The normalized spacial score (nSPS) is 11.5. The van der Waals surface area contributed by atoms with E-state index in [4.69, 9.17) is 39.5 Å². The number of hydrogen-bond donors (Lipinski definition) is 2. The van der Waals surface area contributed by atoms with Crippen molar-refractivity contribution >= 4 is 40.8 Å². The molecule has 0 aliphatic rings. The number of hydrogen-bond acceptors (Lipinski definition) is 2. The first-order chi connectivity index (χ1) is 11.5. The van der Waals surface area contributed by atoms with Crippen LogP contribution in [0, 0.1) is 0 Å². The molecular weight excluding hydrogens is 371 g/mol. The average Bonchev–Trinajstić information content (AvgIpc) is 2.83. The molecule has 1 aromatic heterocycles.